The summed E-state index contributed by atoms with van der Waals surface area (Å²) in [5.41, 5.74) is 2.55. The van der Waals surface area contributed by atoms with E-state index in [9.17, 15) is 9.18 Å². The van der Waals surface area contributed by atoms with Gasteiger partial charge in [0.15, 0.2) is 0 Å². The van der Waals surface area contributed by atoms with Crippen LogP contribution in [0.5, 0.6) is 0 Å². The molecule has 0 saturated heterocycles. The van der Waals surface area contributed by atoms with E-state index in [1.165, 1.54) is 16.8 Å². The number of nitrogens with zero attached hydrogens (tertiary/aromatic N) is 1. The van der Waals surface area contributed by atoms with E-state index in [4.69, 9.17) is 0 Å². The van der Waals surface area contributed by atoms with Crippen molar-refractivity contribution in [3.05, 3.63) is 71.7 Å². The molecule has 0 atom stereocenters. The zero-order valence-corrected chi connectivity index (χ0v) is 15.1. The van der Waals surface area contributed by atoms with E-state index < -0.39 is 5.82 Å². The first-order valence-corrected chi connectivity index (χ1v) is 9.33. The zero-order valence-electron chi connectivity index (χ0n) is 15.1. The molecule has 0 unspecified atom stereocenters. The summed E-state index contributed by atoms with van der Waals surface area (Å²) in [4.78, 5) is 12.0. The van der Waals surface area contributed by atoms with E-state index in [0.29, 0.717) is 11.2 Å². The molecule has 1 amide bonds. The van der Waals surface area contributed by atoms with Crippen molar-refractivity contribution in [2.24, 2.45) is 5.92 Å². The molecule has 1 aliphatic carbocycles. The molecule has 5 heteroatoms. The molecule has 0 bridgehead atoms. The van der Waals surface area contributed by atoms with Gasteiger partial charge in [0.25, 0.3) is 0 Å². The summed E-state index contributed by atoms with van der Waals surface area (Å²) >= 11 is 0. The monoisotopic (exact) mass is 371 g/mol. The lowest BCUT2D eigenvalue weighted by Crippen LogP contribution is -2.14. The number of fused-ring (bicyclic) bond motifs is 2. The molecule has 1 heterocycles. The molecular weight excluding hydrogens is 353 g/mol. The summed E-state index contributed by atoms with van der Waals surface area (Å²) in [5.74, 6) is -0.558. The lowest BCUT2D eigenvalue weighted by atomic mass is 10.1. The van der Waals surface area contributed by atoms with Crippen LogP contribution in [0, 0.1) is 11.7 Å². The second kappa shape index (κ2) is 6.60. The highest BCUT2D eigenvalue weighted by atomic mass is 19.1. The third-order valence-electron chi connectivity index (χ3n) is 5.09. The van der Waals surface area contributed by atoms with Crippen molar-refractivity contribution in [3.8, 4) is 0 Å². The maximum Gasteiger partial charge on any atom is 0.227 e. The highest BCUT2D eigenvalue weighted by Crippen LogP contribution is 2.32. The Morgan fingerprint density at radius 1 is 1.07 bits per heavy atom. The predicted octanol–water partition coefficient (Wildman–Crippen LogP) is 5.37. The van der Waals surface area contributed by atoms with Gasteiger partial charge in [-0.1, -0.05) is 42.5 Å². The Morgan fingerprint density at radius 3 is 2.71 bits per heavy atom. The number of aromatic nitrogens is 2. The SMILES string of the molecule is O=C(Nc1cc2c(C=Cc3ccc4ccccc4c3)n[nH]c2cc1F)C1CC1. The minimum absolute atomic E-state index is 0.0201. The van der Waals surface area contributed by atoms with E-state index in [2.05, 4.69) is 45.8 Å². The molecule has 0 spiro atoms. The number of aromatic amines is 1. The van der Waals surface area contributed by atoms with Crippen molar-refractivity contribution < 1.29 is 9.18 Å². The average molecular weight is 371 g/mol. The first kappa shape index (κ1) is 16.7. The Labute approximate surface area is 161 Å². The van der Waals surface area contributed by atoms with Crippen LogP contribution in [0.1, 0.15) is 24.1 Å². The summed E-state index contributed by atoms with van der Waals surface area (Å²) in [7, 11) is 0. The molecule has 28 heavy (non-hydrogen) atoms. The molecule has 4 nitrogen and oxygen atoms in total. The zero-order chi connectivity index (χ0) is 19.1. The van der Waals surface area contributed by atoms with E-state index >= 15 is 0 Å². The second-order valence-electron chi connectivity index (χ2n) is 7.19. The molecule has 2 N–H and O–H groups in total. The highest BCUT2D eigenvalue weighted by Gasteiger charge is 2.30. The van der Waals surface area contributed by atoms with Crippen molar-refractivity contribution in [1.29, 1.82) is 0 Å². The van der Waals surface area contributed by atoms with Crippen molar-refractivity contribution >= 4 is 45.4 Å². The average Bonchev–Trinajstić information content (AvgIpc) is 3.49. The third kappa shape index (κ3) is 3.16. The topological polar surface area (TPSA) is 57.8 Å². The lowest BCUT2D eigenvalue weighted by molar-refractivity contribution is -0.117. The van der Waals surface area contributed by atoms with Gasteiger partial charge in [0.1, 0.15) is 5.82 Å². The minimum Gasteiger partial charge on any atom is -0.323 e. The van der Waals surface area contributed by atoms with Crippen LogP contribution in [0.3, 0.4) is 0 Å². The van der Waals surface area contributed by atoms with Crippen LogP contribution in [0.2, 0.25) is 0 Å². The fourth-order valence-electron chi connectivity index (χ4n) is 3.35. The van der Waals surface area contributed by atoms with Crippen LogP contribution in [-0.2, 0) is 4.79 Å². The summed E-state index contributed by atoms with van der Waals surface area (Å²) in [6.07, 6.45) is 5.63. The molecule has 0 radical (unpaired) electrons. The van der Waals surface area contributed by atoms with Crippen molar-refractivity contribution in [3.63, 3.8) is 0 Å². The smallest absolute Gasteiger partial charge is 0.227 e. The molecule has 138 valence electrons. The Kier molecular flexibility index (Phi) is 3.93. The number of anilines is 1. The summed E-state index contributed by atoms with van der Waals surface area (Å²) < 4.78 is 14.3. The Balaban J connectivity index is 1.47. The predicted molar refractivity (Wildman–Crippen MR) is 110 cm³/mol. The van der Waals surface area contributed by atoms with Crippen LogP contribution in [-0.4, -0.2) is 16.1 Å². The molecule has 1 fully saturated rings. The first-order valence-electron chi connectivity index (χ1n) is 9.33. The van der Waals surface area contributed by atoms with Gasteiger partial charge in [-0.05, 0) is 47.4 Å². The van der Waals surface area contributed by atoms with Crippen molar-refractivity contribution in [2.75, 3.05) is 5.32 Å². The van der Waals surface area contributed by atoms with Crippen LogP contribution < -0.4 is 5.32 Å². The first-order chi connectivity index (χ1) is 13.7. The van der Waals surface area contributed by atoms with Crippen LogP contribution in [0.4, 0.5) is 10.1 Å². The number of nitrogens with one attached hydrogen (secondary N) is 2. The molecule has 1 aliphatic rings. The number of benzene rings is 3. The van der Waals surface area contributed by atoms with Gasteiger partial charge in [-0.25, -0.2) is 4.39 Å². The van der Waals surface area contributed by atoms with Crippen LogP contribution in [0.25, 0.3) is 33.8 Å². The summed E-state index contributed by atoms with van der Waals surface area (Å²) in [6, 6.07) is 17.5. The van der Waals surface area contributed by atoms with Gasteiger partial charge in [-0.15, -0.1) is 0 Å². The standard InChI is InChI=1S/C23H18FN3O/c24-19-13-21-18(12-22(19)25-23(28)16-8-9-16)20(26-27-21)10-6-14-5-7-15-3-1-2-4-17(15)11-14/h1-7,10-13,16H,8-9H2,(H,25,28)(H,26,27). The maximum atomic E-state index is 14.3. The summed E-state index contributed by atoms with van der Waals surface area (Å²) in [5, 5.41) is 13.0. The fraction of sp³-hybridized carbons (Fsp3) is 0.130. The molecule has 0 aliphatic heterocycles. The number of halogens is 1. The molecule has 5 rings (SSSR count). The highest BCUT2D eigenvalue weighted by molar-refractivity contribution is 5.98. The van der Waals surface area contributed by atoms with E-state index in [-0.39, 0.29) is 17.5 Å². The number of carbonyl (C=O) groups excluding carboxylic acids is 1. The molecule has 1 saturated carbocycles. The van der Waals surface area contributed by atoms with Gasteiger partial charge >= 0.3 is 0 Å². The quantitative estimate of drug-likeness (QED) is 0.506. The molecule has 3 aromatic carbocycles. The van der Waals surface area contributed by atoms with E-state index in [1.54, 1.807) is 6.07 Å². The number of rotatable bonds is 4. The Morgan fingerprint density at radius 2 is 1.89 bits per heavy atom. The Bertz CT molecular complexity index is 1240. The van der Waals surface area contributed by atoms with Gasteiger partial charge in [0, 0.05) is 17.4 Å². The number of H-pyrrole nitrogens is 1. The van der Waals surface area contributed by atoms with Crippen LogP contribution in [0.15, 0.2) is 54.6 Å². The van der Waals surface area contributed by atoms with Gasteiger partial charge < -0.3 is 5.32 Å². The van der Waals surface area contributed by atoms with E-state index in [1.807, 2.05) is 24.3 Å². The summed E-state index contributed by atoms with van der Waals surface area (Å²) in [6.45, 7) is 0. The minimum atomic E-state index is -0.463. The van der Waals surface area contributed by atoms with Crippen molar-refractivity contribution in [2.45, 2.75) is 12.8 Å². The number of hydrogen-bond donors (Lipinski definition) is 2. The van der Waals surface area contributed by atoms with Gasteiger partial charge in [-0.3, -0.25) is 9.89 Å². The third-order valence-corrected chi connectivity index (χ3v) is 5.09. The van der Waals surface area contributed by atoms with Gasteiger partial charge in [0.2, 0.25) is 5.91 Å². The largest absolute Gasteiger partial charge is 0.323 e. The number of amides is 1. The molecule has 4 aromatic rings. The number of carbonyl (C=O) groups is 1. The number of hydrogen-bond acceptors (Lipinski definition) is 2. The lowest BCUT2D eigenvalue weighted by Gasteiger charge is -2.06. The second-order valence-corrected chi connectivity index (χ2v) is 7.19. The van der Waals surface area contributed by atoms with E-state index in [0.717, 1.165) is 23.8 Å². The van der Waals surface area contributed by atoms with Crippen LogP contribution >= 0.6 is 0 Å². The van der Waals surface area contributed by atoms with Gasteiger partial charge in [-0.2, -0.15) is 5.10 Å². The Hall–Kier alpha value is -3.47. The maximum absolute atomic E-state index is 14.3. The normalized spacial score (nSPS) is 14.2. The van der Waals surface area contributed by atoms with Gasteiger partial charge in [0.05, 0.1) is 16.9 Å². The fourth-order valence-corrected chi connectivity index (χ4v) is 3.35. The molecular formula is C23H18FN3O. The van der Waals surface area contributed by atoms with Crippen molar-refractivity contribution in [1.82, 2.24) is 10.2 Å². The molecule has 1 aromatic heterocycles.